The predicted octanol–water partition coefficient (Wildman–Crippen LogP) is 14.1. The van der Waals surface area contributed by atoms with Crippen LogP contribution in [0.15, 0.2) is 192 Å². The highest BCUT2D eigenvalue weighted by molar-refractivity contribution is 7.26. The number of benzene rings is 8. The first kappa shape index (κ1) is 32.2. The van der Waals surface area contributed by atoms with E-state index in [9.17, 15) is 0 Å². The molecule has 0 aliphatic heterocycles. The van der Waals surface area contributed by atoms with E-state index in [-0.39, 0.29) is 0 Å². The summed E-state index contributed by atoms with van der Waals surface area (Å²) in [6.07, 6.45) is 0. The lowest BCUT2D eigenvalue weighted by Gasteiger charge is -2.11. The van der Waals surface area contributed by atoms with Gasteiger partial charge in [-0.15, -0.1) is 11.3 Å². The van der Waals surface area contributed by atoms with Crippen molar-refractivity contribution in [2.24, 2.45) is 0 Å². The quantitative estimate of drug-likeness (QED) is 0.171. The Hall–Kier alpha value is -7.21. The normalized spacial score (nSPS) is 11.6. The Kier molecular flexibility index (Phi) is 7.64. The van der Waals surface area contributed by atoms with Crippen molar-refractivity contribution in [3.8, 4) is 67.5 Å². The van der Waals surface area contributed by atoms with E-state index < -0.39 is 0 Å². The molecule has 0 aliphatic carbocycles. The fourth-order valence-corrected chi connectivity index (χ4v) is 9.11. The monoisotopic (exact) mass is 733 g/mol. The third-order valence-electron chi connectivity index (χ3n) is 10.6. The summed E-state index contributed by atoms with van der Waals surface area (Å²) in [5.74, 6) is 1.90. The van der Waals surface area contributed by atoms with Crippen LogP contribution in [0, 0.1) is 0 Å². The van der Waals surface area contributed by atoms with Crippen LogP contribution in [-0.2, 0) is 0 Å². The SMILES string of the molecule is c1ccc(-c2nc(-c3ccccc3)nc(-c3cccc(-c4ccc5c(c4)oc4c(-c6ccccc6-c6cccc7c6sc6ccccc67)cccc45)c3)n2)cc1. The molecule has 0 saturated heterocycles. The summed E-state index contributed by atoms with van der Waals surface area (Å²) >= 11 is 1.86. The van der Waals surface area contributed by atoms with Crippen LogP contribution in [-0.4, -0.2) is 15.0 Å². The van der Waals surface area contributed by atoms with Gasteiger partial charge >= 0.3 is 0 Å². The third-order valence-corrected chi connectivity index (χ3v) is 11.8. The molecule has 262 valence electrons. The molecule has 0 radical (unpaired) electrons. The molecule has 11 rings (SSSR count). The van der Waals surface area contributed by atoms with Gasteiger partial charge < -0.3 is 4.42 Å². The van der Waals surface area contributed by atoms with Gasteiger partial charge in [0.25, 0.3) is 0 Å². The number of rotatable bonds is 6. The van der Waals surface area contributed by atoms with E-state index >= 15 is 0 Å². The Morgan fingerprint density at radius 2 is 0.857 bits per heavy atom. The van der Waals surface area contributed by atoms with Crippen LogP contribution in [0.4, 0.5) is 0 Å². The van der Waals surface area contributed by atoms with E-state index in [1.807, 2.05) is 72.0 Å². The molecule has 11 aromatic rings. The Morgan fingerprint density at radius 3 is 1.61 bits per heavy atom. The van der Waals surface area contributed by atoms with Gasteiger partial charge in [0.1, 0.15) is 11.2 Å². The summed E-state index contributed by atoms with van der Waals surface area (Å²) in [5.41, 5.74) is 11.3. The Bertz CT molecular complexity index is 3200. The molecular formula is C51H31N3OS. The molecule has 3 heterocycles. The molecule has 0 unspecified atom stereocenters. The first-order valence-electron chi connectivity index (χ1n) is 18.7. The number of nitrogens with zero attached hydrogens (tertiary/aromatic N) is 3. The van der Waals surface area contributed by atoms with E-state index in [0.29, 0.717) is 17.5 Å². The van der Waals surface area contributed by atoms with Gasteiger partial charge in [-0.25, -0.2) is 15.0 Å². The number of aromatic nitrogens is 3. The maximum Gasteiger partial charge on any atom is 0.164 e. The van der Waals surface area contributed by atoms with Crippen molar-refractivity contribution in [3.63, 3.8) is 0 Å². The van der Waals surface area contributed by atoms with Crippen LogP contribution < -0.4 is 0 Å². The van der Waals surface area contributed by atoms with Crippen molar-refractivity contribution < 1.29 is 4.42 Å². The van der Waals surface area contributed by atoms with Gasteiger partial charge in [0.05, 0.1) is 0 Å². The van der Waals surface area contributed by atoms with Crippen LogP contribution in [0.5, 0.6) is 0 Å². The first-order valence-corrected chi connectivity index (χ1v) is 19.5. The molecule has 4 nitrogen and oxygen atoms in total. The Balaban J connectivity index is 1.01. The largest absolute Gasteiger partial charge is 0.455 e. The molecule has 0 aliphatic rings. The van der Waals surface area contributed by atoms with Crippen molar-refractivity contribution in [3.05, 3.63) is 188 Å². The van der Waals surface area contributed by atoms with Crippen LogP contribution in [0.25, 0.3) is 110 Å². The van der Waals surface area contributed by atoms with E-state index in [1.54, 1.807) is 0 Å². The zero-order chi connectivity index (χ0) is 37.0. The molecule has 0 amide bonds. The Labute approximate surface area is 327 Å². The van der Waals surface area contributed by atoms with E-state index in [0.717, 1.165) is 60.9 Å². The summed E-state index contributed by atoms with van der Waals surface area (Å²) < 4.78 is 9.44. The summed E-state index contributed by atoms with van der Waals surface area (Å²) in [7, 11) is 0. The van der Waals surface area contributed by atoms with E-state index in [1.165, 1.54) is 31.3 Å². The van der Waals surface area contributed by atoms with Crippen molar-refractivity contribution in [2.75, 3.05) is 0 Å². The predicted molar refractivity (Wildman–Crippen MR) is 233 cm³/mol. The highest BCUT2D eigenvalue weighted by Crippen LogP contribution is 2.45. The fourth-order valence-electron chi connectivity index (χ4n) is 7.88. The molecule has 0 bridgehead atoms. The number of fused-ring (bicyclic) bond motifs is 6. The molecule has 0 spiro atoms. The van der Waals surface area contributed by atoms with Crippen molar-refractivity contribution in [2.45, 2.75) is 0 Å². The van der Waals surface area contributed by atoms with Crippen LogP contribution >= 0.6 is 11.3 Å². The summed E-state index contributed by atoms with van der Waals surface area (Å²) in [4.78, 5) is 14.8. The standard InChI is InChI=1S/C51H31N3OS/c1-3-14-32(15-4-1)49-52-50(33-16-5-2-6-17-33)54-51(53-49)36-19-11-18-34(30-36)35-28-29-39-42-24-12-23-41(47(42)55-45(39)31-35)37-20-7-8-21-38(37)43-25-13-26-44-40-22-9-10-27-46(40)56-48(43)44/h1-31H. The smallest absolute Gasteiger partial charge is 0.164 e. The second-order valence-corrected chi connectivity index (χ2v) is 15.0. The molecule has 56 heavy (non-hydrogen) atoms. The second-order valence-electron chi connectivity index (χ2n) is 13.9. The van der Waals surface area contributed by atoms with Gasteiger partial charge in [-0.05, 0) is 46.5 Å². The third kappa shape index (κ3) is 5.48. The molecule has 0 atom stereocenters. The Morgan fingerprint density at radius 1 is 0.339 bits per heavy atom. The lowest BCUT2D eigenvalue weighted by Crippen LogP contribution is -2.00. The van der Waals surface area contributed by atoms with Gasteiger partial charge in [0, 0.05) is 58.8 Å². The maximum atomic E-state index is 6.84. The van der Waals surface area contributed by atoms with Gasteiger partial charge in [0.2, 0.25) is 0 Å². The molecule has 8 aromatic carbocycles. The number of hydrogen-bond acceptors (Lipinski definition) is 5. The van der Waals surface area contributed by atoms with Gasteiger partial charge in [-0.1, -0.05) is 164 Å². The van der Waals surface area contributed by atoms with E-state index in [4.69, 9.17) is 19.4 Å². The second kappa shape index (κ2) is 13.3. The number of thiophene rings is 1. The van der Waals surface area contributed by atoms with Crippen molar-refractivity contribution in [1.82, 2.24) is 15.0 Å². The van der Waals surface area contributed by atoms with Gasteiger partial charge in [-0.2, -0.15) is 0 Å². The zero-order valence-electron chi connectivity index (χ0n) is 30.1. The van der Waals surface area contributed by atoms with Gasteiger partial charge in [-0.3, -0.25) is 0 Å². The van der Waals surface area contributed by atoms with Crippen LogP contribution in [0.1, 0.15) is 0 Å². The molecule has 0 saturated carbocycles. The highest BCUT2D eigenvalue weighted by Gasteiger charge is 2.19. The number of hydrogen-bond donors (Lipinski definition) is 0. The van der Waals surface area contributed by atoms with Crippen molar-refractivity contribution in [1.29, 1.82) is 0 Å². The maximum absolute atomic E-state index is 6.84. The van der Waals surface area contributed by atoms with Crippen LogP contribution in [0.3, 0.4) is 0 Å². The molecule has 3 aromatic heterocycles. The molecule has 0 fully saturated rings. The molecule has 5 heteroatoms. The average Bonchev–Trinajstić information content (AvgIpc) is 3.85. The number of furan rings is 1. The number of para-hydroxylation sites is 1. The van der Waals surface area contributed by atoms with E-state index in [2.05, 4.69) is 127 Å². The van der Waals surface area contributed by atoms with Crippen LogP contribution in [0.2, 0.25) is 0 Å². The molecule has 0 N–H and O–H groups in total. The zero-order valence-corrected chi connectivity index (χ0v) is 30.9. The van der Waals surface area contributed by atoms with Gasteiger partial charge in [0.15, 0.2) is 17.5 Å². The summed E-state index contributed by atoms with van der Waals surface area (Å²) in [6, 6.07) is 65.6. The lowest BCUT2D eigenvalue weighted by atomic mass is 9.92. The minimum absolute atomic E-state index is 0.624. The first-order chi connectivity index (χ1) is 27.7. The topological polar surface area (TPSA) is 51.8 Å². The highest BCUT2D eigenvalue weighted by atomic mass is 32.1. The molecular weight excluding hydrogens is 703 g/mol. The summed E-state index contributed by atoms with van der Waals surface area (Å²) in [5, 5.41) is 4.78. The van der Waals surface area contributed by atoms with Crippen molar-refractivity contribution >= 4 is 53.4 Å². The minimum Gasteiger partial charge on any atom is -0.455 e. The summed E-state index contributed by atoms with van der Waals surface area (Å²) in [6.45, 7) is 0. The minimum atomic E-state index is 0.624. The average molecular weight is 734 g/mol. The lowest BCUT2D eigenvalue weighted by molar-refractivity contribution is 0.670. The fraction of sp³-hybridized carbons (Fsp3) is 0.